The maximum absolute atomic E-state index is 11.8. The summed E-state index contributed by atoms with van der Waals surface area (Å²) in [5, 5.41) is 0. The van der Waals surface area contributed by atoms with Crippen LogP contribution >= 0.6 is 0 Å². The third-order valence-corrected chi connectivity index (χ3v) is 2.44. The molecular formula is C12H12N2O3. The number of aryl methyl sites for hydroxylation is 1. The van der Waals surface area contributed by atoms with E-state index in [1.165, 1.54) is 6.92 Å². The predicted octanol–water partition coefficient (Wildman–Crippen LogP) is 1.32. The van der Waals surface area contributed by atoms with E-state index >= 15 is 0 Å². The summed E-state index contributed by atoms with van der Waals surface area (Å²) in [7, 11) is 1.76. The topological polar surface area (TPSA) is 61.2 Å². The maximum Gasteiger partial charge on any atom is 0.303 e. The van der Waals surface area contributed by atoms with Gasteiger partial charge in [-0.15, -0.1) is 0 Å². The van der Waals surface area contributed by atoms with Crippen LogP contribution in [0.5, 0.6) is 0 Å². The first-order valence-electron chi connectivity index (χ1n) is 5.17. The normalized spacial score (nSPS) is 10.5. The van der Waals surface area contributed by atoms with Crippen molar-refractivity contribution in [1.29, 1.82) is 0 Å². The molecule has 0 saturated carbocycles. The number of hydrogen-bond acceptors (Lipinski definition) is 4. The minimum Gasteiger partial charge on any atom is -0.457 e. The summed E-state index contributed by atoms with van der Waals surface area (Å²) in [4.78, 5) is 26.6. The van der Waals surface area contributed by atoms with Gasteiger partial charge in [0.2, 0.25) is 5.78 Å². The highest BCUT2D eigenvalue weighted by Gasteiger charge is 2.15. The zero-order valence-electron chi connectivity index (χ0n) is 9.64. The lowest BCUT2D eigenvalue weighted by molar-refractivity contribution is -0.139. The van der Waals surface area contributed by atoms with Crippen LogP contribution in [-0.4, -0.2) is 27.9 Å². The molecule has 0 aliphatic rings. The summed E-state index contributed by atoms with van der Waals surface area (Å²) in [6.45, 7) is 0.995. The smallest absolute Gasteiger partial charge is 0.303 e. The molecule has 17 heavy (non-hydrogen) atoms. The van der Waals surface area contributed by atoms with Gasteiger partial charge < -0.3 is 9.30 Å². The number of benzene rings is 1. The molecule has 0 amide bonds. The quantitative estimate of drug-likeness (QED) is 0.591. The molecule has 2 aromatic rings. The van der Waals surface area contributed by atoms with Crippen LogP contribution in [0.1, 0.15) is 17.5 Å². The highest BCUT2D eigenvalue weighted by Crippen LogP contribution is 2.14. The summed E-state index contributed by atoms with van der Waals surface area (Å²) >= 11 is 0. The van der Waals surface area contributed by atoms with E-state index in [9.17, 15) is 9.59 Å². The molecule has 88 valence electrons. The molecule has 0 aliphatic heterocycles. The number of ketones is 1. The van der Waals surface area contributed by atoms with Crippen molar-refractivity contribution in [3.63, 3.8) is 0 Å². The monoisotopic (exact) mass is 232 g/mol. The van der Waals surface area contributed by atoms with Crippen molar-refractivity contribution in [2.75, 3.05) is 6.61 Å². The molecule has 1 aromatic carbocycles. The molecule has 5 nitrogen and oxygen atoms in total. The Morgan fingerprint density at radius 3 is 2.71 bits per heavy atom. The Bertz CT molecular complexity index is 586. The summed E-state index contributed by atoms with van der Waals surface area (Å²) in [6.07, 6.45) is 0. The number of rotatable bonds is 3. The van der Waals surface area contributed by atoms with Crippen LogP contribution in [0.25, 0.3) is 11.0 Å². The first kappa shape index (κ1) is 11.3. The molecular weight excluding hydrogens is 220 g/mol. The van der Waals surface area contributed by atoms with Crippen LogP contribution in [-0.2, 0) is 16.6 Å². The van der Waals surface area contributed by atoms with E-state index in [0.717, 1.165) is 11.0 Å². The van der Waals surface area contributed by atoms with Gasteiger partial charge in [0.1, 0.15) is 0 Å². The van der Waals surface area contributed by atoms with Gasteiger partial charge in [0.25, 0.3) is 0 Å². The van der Waals surface area contributed by atoms with E-state index in [2.05, 4.69) is 9.72 Å². The lowest BCUT2D eigenvalue weighted by atomic mass is 10.3. The second-order valence-corrected chi connectivity index (χ2v) is 3.69. The standard InChI is InChI=1S/C12H12N2O3/c1-8(15)17-7-11(16)12-13-9-5-3-4-6-10(9)14(12)2/h3-6H,7H2,1-2H3. The summed E-state index contributed by atoms with van der Waals surface area (Å²) in [6, 6.07) is 7.45. The van der Waals surface area contributed by atoms with Crippen molar-refractivity contribution >= 4 is 22.8 Å². The van der Waals surface area contributed by atoms with Crippen molar-refractivity contribution in [2.24, 2.45) is 7.05 Å². The summed E-state index contributed by atoms with van der Waals surface area (Å²) in [5.41, 5.74) is 1.62. The van der Waals surface area contributed by atoms with Gasteiger partial charge in [-0.3, -0.25) is 9.59 Å². The second kappa shape index (κ2) is 4.37. The van der Waals surface area contributed by atoms with Crippen LogP contribution in [0.3, 0.4) is 0 Å². The van der Waals surface area contributed by atoms with Gasteiger partial charge in [-0.25, -0.2) is 4.98 Å². The second-order valence-electron chi connectivity index (χ2n) is 3.69. The molecule has 0 spiro atoms. The van der Waals surface area contributed by atoms with E-state index in [0.29, 0.717) is 5.82 Å². The van der Waals surface area contributed by atoms with Gasteiger partial charge in [-0.2, -0.15) is 0 Å². The molecule has 0 aliphatic carbocycles. The van der Waals surface area contributed by atoms with Crippen molar-refractivity contribution in [3.05, 3.63) is 30.1 Å². The van der Waals surface area contributed by atoms with Gasteiger partial charge in [0.15, 0.2) is 12.4 Å². The summed E-state index contributed by atoms with van der Waals surface area (Å²) in [5.74, 6) is -0.483. The Balaban J connectivity index is 2.32. The number of carbonyl (C=O) groups excluding carboxylic acids is 2. The van der Waals surface area contributed by atoms with Gasteiger partial charge in [0, 0.05) is 14.0 Å². The van der Waals surface area contributed by atoms with Crippen molar-refractivity contribution in [3.8, 4) is 0 Å². The highest BCUT2D eigenvalue weighted by molar-refractivity contribution is 5.97. The largest absolute Gasteiger partial charge is 0.457 e. The van der Waals surface area contributed by atoms with Crippen LogP contribution in [0.2, 0.25) is 0 Å². The molecule has 0 radical (unpaired) electrons. The fourth-order valence-corrected chi connectivity index (χ4v) is 1.63. The van der Waals surface area contributed by atoms with Gasteiger partial charge >= 0.3 is 5.97 Å². The molecule has 1 heterocycles. The zero-order chi connectivity index (χ0) is 12.4. The van der Waals surface area contributed by atoms with Crippen molar-refractivity contribution < 1.29 is 14.3 Å². The molecule has 0 atom stereocenters. The number of Topliss-reactive ketones (excluding diaryl/α,β-unsaturated/α-hetero) is 1. The number of aromatic nitrogens is 2. The highest BCUT2D eigenvalue weighted by atomic mass is 16.5. The van der Waals surface area contributed by atoms with Crippen LogP contribution in [0, 0.1) is 0 Å². The fourth-order valence-electron chi connectivity index (χ4n) is 1.63. The first-order chi connectivity index (χ1) is 8.09. The fraction of sp³-hybridized carbons (Fsp3) is 0.250. The lowest BCUT2D eigenvalue weighted by Gasteiger charge is -2.01. The molecule has 0 bridgehead atoms. The molecule has 0 saturated heterocycles. The van der Waals surface area contributed by atoms with Crippen LogP contribution < -0.4 is 0 Å². The third kappa shape index (κ3) is 2.18. The van der Waals surface area contributed by atoms with Crippen molar-refractivity contribution in [2.45, 2.75) is 6.92 Å². The predicted molar refractivity (Wildman–Crippen MR) is 61.7 cm³/mol. The number of fused-ring (bicyclic) bond motifs is 1. The van der Waals surface area contributed by atoms with E-state index in [4.69, 9.17) is 0 Å². The van der Waals surface area contributed by atoms with Crippen LogP contribution in [0.4, 0.5) is 0 Å². The van der Waals surface area contributed by atoms with E-state index < -0.39 is 5.97 Å². The van der Waals surface area contributed by atoms with E-state index in [1.807, 2.05) is 24.3 Å². The number of imidazole rings is 1. The Hall–Kier alpha value is -2.17. The lowest BCUT2D eigenvalue weighted by Crippen LogP contribution is -2.15. The first-order valence-corrected chi connectivity index (χ1v) is 5.17. The Morgan fingerprint density at radius 1 is 1.35 bits per heavy atom. The molecule has 0 N–H and O–H groups in total. The molecule has 0 unspecified atom stereocenters. The van der Waals surface area contributed by atoms with Gasteiger partial charge in [0.05, 0.1) is 11.0 Å². The number of esters is 1. The third-order valence-electron chi connectivity index (χ3n) is 2.44. The maximum atomic E-state index is 11.8. The Kier molecular flexibility index (Phi) is 2.91. The van der Waals surface area contributed by atoms with Crippen LogP contribution in [0.15, 0.2) is 24.3 Å². The Morgan fingerprint density at radius 2 is 2.06 bits per heavy atom. The van der Waals surface area contributed by atoms with E-state index in [-0.39, 0.29) is 12.4 Å². The summed E-state index contributed by atoms with van der Waals surface area (Å²) < 4.78 is 6.36. The average Bonchev–Trinajstić information content (AvgIpc) is 2.64. The number of carbonyl (C=O) groups is 2. The van der Waals surface area contributed by atoms with Gasteiger partial charge in [-0.05, 0) is 12.1 Å². The zero-order valence-corrected chi connectivity index (χ0v) is 9.64. The SMILES string of the molecule is CC(=O)OCC(=O)c1nc2ccccc2n1C. The molecule has 2 rings (SSSR count). The number of para-hydroxylation sites is 2. The number of ether oxygens (including phenoxy) is 1. The van der Waals surface area contributed by atoms with Crippen molar-refractivity contribution in [1.82, 2.24) is 9.55 Å². The van der Waals surface area contributed by atoms with Gasteiger partial charge in [-0.1, -0.05) is 12.1 Å². The van der Waals surface area contributed by atoms with E-state index in [1.54, 1.807) is 11.6 Å². The molecule has 5 heteroatoms. The molecule has 0 fully saturated rings. The minimum atomic E-state index is -0.475. The molecule has 1 aromatic heterocycles. The number of hydrogen-bond donors (Lipinski definition) is 0. The number of nitrogens with zero attached hydrogens (tertiary/aromatic N) is 2. The average molecular weight is 232 g/mol. The minimum absolute atomic E-state index is 0.271. The Labute approximate surface area is 98.0 Å².